The number of benzene rings is 2. The molecule has 28 heavy (non-hydrogen) atoms. The highest BCUT2D eigenvalue weighted by Gasteiger charge is 2.18. The summed E-state index contributed by atoms with van der Waals surface area (Å²) >= 11 is 6.53. The van der Waals surface area contributed by atoms with Crippen LogP contribution in [0.5, 0.6) is 0 Å². The first-order valence-electron chi connectivity index (χ1n) is 7.97. The van der Waals surface area contributed by atoms with Crippen LogP contribution < -0.4 is 5.14 Å². The van der Waals surface area contributed by atoms with Gasteiger partial charge in [-0.2, -0.15) is 0 Å². The van der Waals surface area contributed by atoms with Crippen molar-refractivity contribution in [3.8, 4) is 31.6 Å². The third-order valence-electron chi connectivity index (χ3n) is 3.97. The lowest BCUT2D eigenvalue weighted by Gasteiger charge is -2.04. The predicted octanol–water partition coefficient (Wildman–Crippen LogP) is 5.75. The molecule has 0 atom stereocenters. The molecule has 2 N–H and O–H groups in total. The van der Waals surface area contributed by atoms with Gasteiger partial charge in [-0.15, -0.1) is 22.7 Å². The van der Waals surface area contributed by atoms with E-state index in [1.807, 2.05) is 12.1 Å². The van der Waals surface area contributed by atoms with E-state index in [0.29, 0.717) is 5.69 Å². The van der Waals surface area contributed by atoms with Crippen LogP contribution in [0.1, 0.15) is 0 Å². The van der Waals surface area contributed by atoms with Crippen molar-refractivity contribution in [2.24, 2.45) is 5.14 Å². The van der Waals surface area contributed by atoms with E-state index in [4.69, 9.17) is 10.1 Å². The number of rotatable bonds is 4. The molecule has 0 bridgehead atoms. The molecule has 0 radical (unpaired) electrons. The fraction of sp³-hybridized carbons (Fsp3) is 0. The number of hydrogen-bond acceptors (Lipinski definition) is 5. The van der Waals surface area contributed by atoms with Gasteiger partial charge in [0.05, 0.1) is 24.1 Å². The maximum Gasteiger partial charge on any atom is 0.238 e. The molecule has 142 valence electrons. The minimum atomic E-state index is -3.76. The Morgan fingerprint density at radius 1 is 0.893 bits per heavy atom. The minimum Gasteiger partial charge on any atom is -0.235 e. The molecular weight excluding hydrogens is 483 g/mol. The Morgan fingerprint density at radius 2 is 1.54 bits per heavy atom. The number of nitrogens with two attached hydrogens (primary N) is 1. The van der Waals surface area contributed by atoms with Crippen molar-refractivity contribution in [3.05, 3.63) is 70.3 Å². The Hall–Kier alpha value is -1.91. The van der Waals surface area contributed by atoms with E-state index in [9.17, 15) is 12.8 Å². The first-order valence-corrected chi connectivity index (χ1v) is 11.9. The van der Waals surface area contributed by atoms with E-state index in [0.717, 1.165) is 29.7 Å². The van der Waals surface area contributed by atoms with E-state index < -0.39 is 10.0 Å². The molecule has 4 nitrogen and oxygen atoms in total. The Labute approximate surface area is 177 Å². The molecule has 0 saturated heterocycles. The summed E-state index contributed by atoms with van der Waals surface area (Å²) in [5.74, 6) is -0.319. The van der Waals surface area contributed by atoms with Crippen LogP contribution in [0.25, 0.3) is 31.6 Å². The van der Waals surface area contributed by atoms with Crippen LogP contribution in [0, 0.1) is 5.82 Å². The van der Waals surface area contributed by atoms with Gasteiger partial charge in [-0.05, 0) is 70.0 Å². The molecule has 4 aromatic rings. The van der Waals surface area contributed by atoms with Crippen LogP contribution in [0.2, 0.25) is 0 Å². The lowest BCUT2D eigenvalue weighted by molar-refractivity contribution is 0.598. The quantitative estimate of drug-likeness (QED) is 0.392. The van der Waals surface area contributed by atoms with Gasteiger partial charge in [-0.1, -0.05) is 12.1 Å². The van der Waals surface area contributed by atoms with Gasteiger partial charge >= 0.3 is 0 Å². The fourth-order valence-electron chi connectivity index (χ4n) is 2.65. The summed E-state index contributed by atoms with van der Waals surface area (Å²) in [5, 5.41) is 6.02. The zero-order valence-corrected chi connectivity index (χ0v) is 18.1. The van der Waals surface area contributed by atoms with Crippen molar-refractivity contribution in [1.82, 2.24) is 4.98 Å². The molecule has 0 aliphatic carbocycles. The van der Waals surface area contributed by atoms with Crippen LogP contribution >= 0.6 is 38.6 Å². The van der Waals surface area contributed by atoms with Gasteiger partial charge in [-0.25, -0.2) is 22.9 Å². The van der Waals surface area contributed by atoms with E-state index in [-0.39, 0.29) is 10.7 Å². The first-order chi connectivity index (χ1) is 13.3. The molecule has 0 unspecified atom stereocenters. The molecule has 0 saturated carbocycles. The molecule has 0 aliphatic rings. The molecule has 0 spiro atoms. The normalized spacial score (nSPS) is 11.7. The summed E-state index contributed by atoms with van der Waals surface area (Å²) in [5.41, 5.74) is 2.31. The number of halogens is 2. The number of aromatic nitrogens is 1. The van der Waals surface area contributed by atoms with Crippen LogP contribution in [-0.2, 0) is 10.0 Å². The molecule has 2 aromatic heterocycles. The van der Waals surface area contributed by atoms with Gasteiger partial charge in [-0.3, -0.25) is 0 Å². The molecular formula is C19H12BrFN2O2S3. The molecule has 2 heterocycles. The zero-order chi connectivity index (χ0) is 19.9. The Morgan fingerprint density at radius 3 is 2.11 bits per heavy atom. The smallest absolute Gasteiger partial charge is 0.235 e. The van der Waals surface area contributed by atoms with Gasteiger partial charge in [0, 0.05) is 5.56 Å². The lowest BCUT2D eigenvalue weighted by Crippen LogP contribution is -2.11. The lowest BCUT2D eigenvalue weighted by atomic mass is 10.1. The summed E-state index contributed by atoms with van der Waals surface area (Å²) in [6, 6.07) is 16.4. The highest BCUT2D eigenvalue weighted by Crippen LogP contribution is 2.43. The first kappa shape index (κ1) is 19.4. The highest BCUT2D eigenvalue weighted by atomic mass is 79.9. The average Bonchev–Trinajstić information content (AvgIpc) is 3.28. The summed E-state index contributed by atoms with van der Waals surface area (Å²) < 4.78 is 37.4. The van der Waals surface area contributed by atoms with Gasteiger partial charge in [0.15, 0.2) is 0 Å². The van der Waals surface area contributed by atoms with Crippen molar-refractivity contribution in [3.63, 3.8) is 0 Å². The second-order valence-electron chi connectivity index (χ2n) is 5.88. The largest absolute Gasteiger partial charge is 0.238 e. The summed E-state index contributed by atoms with van der Waals surface area (Å²) in [6.07, 6.45) is 0. The Kier molecular flexibility index (Phi) is 5.19. The number of thiazole rings is 1. The standard InChI is InChI=1S/C19H12BrFN2O2S3/c20-16-10-9-15(26-16)19-23-17(11-1-5-13(21)6-2-11)18(27-19)12-3-7-14(8-4-12)28(22,24)25/h1-10H,(H2,22,24,25). The second-order valence-corrected chi connectivity index (χ2v) is 10.9. The summed E-state index contributed by atoms with van der Waals surface area (Å²) in [7, 11) is -3.76. The van der Waals surface area contributed by atoms with E-state index in [2.05, 4.69) is 15.9 Å². The number of nitrogens with zero attached hydrogens (tertiary/aromatic N) is 1. The Balaban J connectivity index is 1.87. The van der Waals surface area contributed by atoms with E-state index in [1.54, 1.807) is 35.6 Å². The predicted molar refractivity (Wildman–Crippen MR) is 115 cm³/mol. The van der Waals surface area contributed by atoms with Crippen molar-refractivity contribution >= 4 is 48.6 Å². The van der Waals surface area contributed by atoms with Crippen molar-refractivity contribution in [1.29, 1.82) is 0 Å². The molecule has 2 aromatic carbocycles. The molecule has 9 heteroatoms. The van der Waals surface area contributed by atoms with Crippen LogP contribution in [-0.4, -0.2) is 13.4 Å². The fourth-order valence-corrected chi connectivity index (χ4v) is 5.70. The summed E-state index contributed by atoms with van der Waals surface area (Å²) in [4.78, 5) is 6.71. The Bertz CT molecular complexity index is 1250. The maximum atomic E-state index is 13.4. The number of primary sulfonamides is 1. The van der Waals surface area contributed by atoms with Gasteiger partial charge in [0.2, 0.25) is 10.0 Å². The SMILES string of the molecule is NS(=O)(=O)c1ccc(-c2sc(-c3ccc(Br)s3)nc2-c2ccc(F)cc2)cc1. The molecule has 0 aliphatic heterocycles. The molecule has 0 amide bonds. The number of sulfonamides is 1. The van der Waals surface area contributed by atoms with Crippen molar-refractivity contribution in [2.75, 3.05) is 0 Å². The number of hydrogen-bond donors (Lipinski definition) is 1. The van der Waals surface area contributed by atoms with Crippen LogP contribution in [0.15, 0.2) is 69.3 Å². The monoisotopic (exact) mass is 494 g/mol. The zero-order valence-electron chi connectivity index (χ0n) is 14.1. The minimum absolute atomic E-state index is 0.0477. The highest BCUT2D eigenvalue weighted by molar-refractivity contribution is 9.11. The molecule has 4 rings (SSSR count). The van der Waals surface area contributed by atoms with Crippen LogP contribution in [0.3, 0.4) is 0 Å². The van der Waals surface area contributed by atoms with Gasteiger partial charge in [0.1, 0.15) is 10.8 Å². The maximum absolute atomic E-state index is 13.4. The average molecular weight is 495 g/mol. The second kappa shape index (κ2) is 7.49. The number of thiophene rings is 1. The van der Waals surface area contributed by atoms with Gasteiger partial charge in [0.25, 0.3) is 0 Å². The van der Waals surface area contributed by atoms with Crippen molar-refractivity contribution in [2.45, 2.75) is 4.90 Å². The third kappa shape index (κ3) is 3.94. The molecule has 0 fully saturated rings. The van der Waals surface area contributed by atoms with E-state index >= 15 is 0 Å². The van der Waals surface area contributed by atoms with Crippen LogP contribution in [0.4, 0.5) is 4.39 Å². The van der Waals surface area contributed by atoms with Gasteiger partial charge < -0.3 is 0 Å². The summed E-state index contributed by atoms with van der Waals surface area (Å²) in [6.45, 7) is 0. The third-order valence-corrected chi connectivity index (χ3v) is 7.80. The topological polar surface area (TPSA) is 73.1 Å². The van der Waals surface area contributed by atoms with E-state index in [1.165, 1.54) is 35.6 Å². The van der Waals surface area contributed by atoms with Crippen molar-refractivity contribution < 1.29 is 12.8 Å².